The first-order valence-corrected chi connectivity index (χ1v) is 7.88. The van der Waals surface area contributed by atoms with Crippen molar-refractivity contribution < 1.29 is 14.3 Å². The van der Waals surface area contributed by atoms with Crippen LogP contribution in [-0.2, 0) is 14.3 Å². The molecule has 0 bridgehead atoms. The summed E-state index contributed by atoms with van der Waals surface area (Å²) in [5.74, 6) is -0.0447. The summed E-state index contributed by atoms with van der Waals surface area (Å²) < 4.78 is 4.93. The second kappa shape index (κ2) is 13.6. The van der Waals surface area contributed by atoms with E-state index < -0.39 is 0 Å². The van der Waals surface area contributed by atoms with Gasteiger partial charge in [-0.15, -0.1) is 0 Å². The Morgan fingerprint density at radius 3 is 2.00 bits per heavy atom. The van der Waals surface area contributed by atoms with Gasteiger partial charge in [-0.25, -0.2) is 0 Å². The molecule has 0 fully saturated rings. The largest absolute Gasteiger partial charge is 0.466 e. The molecule has 0 atom stereocenters. The SMILES string of the molecule is CCCCCCCCCC(=O)CCC(=O)OCCC. The number of esters is 1. The molecule has 0 aliphatic heterocycles. The van der Waals surface area contributed by atoms with E-state index in [0.717, 1.165) is 19.3 Å². The zero-order valence-corrected chi connectivity index (χ0v) is 12.7. The second-order valence-electron chi connectivity index (χ2n) is 5.13. The Balaban J connectivity index is 3.32. The molecule has 0 aliphatic carbocycles. The number of rotatable bonds is 13. The lowest BCUT2D eigenvalue weighted by Gasteiger charge is -2.03. The predicted octanol–water partition coefficient (Wildman–Crippen LogP) is 4.43. The number of hydrogen-bond donors (Lipinski definition) is 0. The van der Waals surface area contributed by atoms with Gasteiger partial charge in [0.05, 0.1) is 13.0 Å². The Morgan fingerprint density at radius 2 is 1.37 bits per heavy atom. The first-order valence-electron chi connectivity index (χ1n) is 7.88. The summed E-state index contributed by atoms with van der Waals surface area (Å²) in [7, 11) is 0. The summed E-state index contributed by atoms with van der Waals surface area (Å²) in [5, 5.41) is 0. The third-order valence-corrected chi connectivity index (χ3v) is 3.13. The topological polar surface area (TPSA) is 43.4 Å². The van der Waals surface area contributed by atoms with Crippen LogP contribution in [0.15, 0.2) is 0 Å². The van der Waals surface area contributed by atoms with Crippen molar-refractivity contribution in [3.63, 3.8) is 0 Å². The maximum Gasteiger partial charge on any atom is 0.306 e. The van der Waals surface area contributed by atoms with Crippen LogP contribution >= 0.6 is 0 Å². The van der Waals surface area contributed by atoms with E-state index in [9.17, 15) is 9.59 Å². The van der Waals surface area contributed by atoms with Gasteiger partial charge in [-0.2, -0.15) is 0 Å². The highest BCUT2D eigenvalue weighted by atomic mass is 16.5. The van der Waals surface area contributed by atoms with Gasteiger partial charge >= 0.3 is 5.97 Å². The van der Waals surface area contributed by atoms with Crippen LogP contribution in [0.25, 0.3) is 0 Å². The summed E-state index contributed by atoms with van der Waals surface area (Å²) in [5.41, 5.74) is 0. The van der Waals surface area contributed by atoms with Gasteiger partial charge in [0.15, 0.2) is 0 Å². The molecular weight excluding hydrogens is 240 g/mol. The predicted molar refractivity (Wildman–Crippen MR) is 78.1 cm³/mol. The van der Waals surface area contributed by atoms with Crippen LogP contribution in [0, 0.1) is 0 Å². The van der Waals surface area contributed by atoms with E-state index in [2.05, 4.69) is 6.92 Å². The van der Waals surface area contributed by atoms with E-state index in [1.165, 1.54) is 32.1 Å². The van der Waals surface area contributed by atoms with Crippen LogP contribution in [0.2, 0.25) is 0 Å². The van der Waals surface area contributed by atoms with E-state index in [1.807, 2.05) is 6.92 Å². The fourth-order valence-corrected chi connectivity index (χ4v) is 1.93. The van der Waals surface area contributed by atoms with Crippen molar-refractivity contribution in [2.45, 2.75) is 84.5 Å². The van der Waals surface area contributed by atoms with Crippen molar-refractivity contribution in [3.05, 3.63) is 0 Å². The lowest BCUT2D eigenvalue weighted by Crippen LogP contribution is -2.08. The van der Waals surface area contributed by atoms with Gasteiger partial charge in [-0.3, -0.25) is 9.59 Å². The Labute approximate surface area is 118 Å². The van der Waals surface area contributed by atoms with Crippen molar-refractivity contribution in [1.82, 2.24) is 0 Å². The van der Waals surface area contributed by atoms with E-state index in [4.69, 9.17) is 4.74 Å². The van der Waals surface area contributed by atoms with E-state index in [1.54, 1.807) is 0 Å². The van der Waals surface area contributed by atoms with Crippen LogP contribution in [0.4, 0.5) is 0 Å². The second-order valence-corrected chi connectivity index (χ2v) is 5.13. The molecule has 0 N–H and O–H groups in total. The molecule has 19 heavy (non-hydrogen) atoms. The normalized spacial score (nSPS) is 10.4. The van der Waals surface area contributed by atoms with Gasteiger partial charge in [0.2, 0.25) is 0 Å². The standard InChI is InChI=1S/C16H30O3/c1-3-5-6-7-8-9-10-11-15(17)12-13-16(18)19-14-4-2/h3-14H2,1-2H3. The molecule has 0 aromatic rings. The highest BCUT2D eigenvalue weighted by Gasteiger charge is 2.07. The first kappa shape index (κ1) is 18.1. The van der Waals surface area contributed by atoms with E-state index >= 15 is 0 Å². The Bertz CT molecular complexity index is 236. The average Bonchev–Trinajstić information content (AvgIpc) is 2.41. The summed E-state index contributed by atoms with van der Waals surface area (Å²) in [6, 6.07) is 0. The van der Waals surface area contributed by atoms with Crippen molar-refractivity contribution in [3.8, 4) is 0 Å². The molecule has 0 unspecified atom stereocenters. The zero-order valence-electron chi connectivity index (χ0n) is 12.7. The number of carbonyl (C=O) groups is 2. The van der Waals surface area contributed by atoms with E-state index in [-0.39, 0.29) is 18.2 Å². The van der Waals surface area contributed by atoms with Gasteiger partial charge in [-0.05, 0) is 12.8 Å². The summed E-state index contributed by atoms with van der Waals surface area (Å²) in [6.07, 6.45) is 10.6. The van der Waals surface area contributed by atoms with E-state index in [0.29, 0.717) is 19.4 Å². The number of ether oxygens (including phenoxy) is 1. The lowest BCUT2D eigenvalue weighted by atomic mass is 10.1. The molecule has 0 spiro atoms. The molecule has 3 heteroatoms. The van der Waals surface area contributed by atoms with Gasteiger partial charge in [0.1, 0.15) is 5.78 Å². The molecule has 0 aromatic heterocycles. The molecular formula is C16H30O3. The Kier molecular flexibility index (Phi) is 13.0. The Hall–Kier alpha value is -0.860. The molecule has 0 amide bonds. The lowest BCUT2D eigenvalue weighted by molar-refractivity contribution is -0.144. The molecule has 0 aromatic carbocycles. The molecule has 0 aliphatic rings. The fourth-order valence-electron chi connectivity index (χ4n) is 1.93. The number of ketones is 1. The highest BCUT2D eigenvalue weighted by molar-refractivity contribution is 5.82. The molecule has 0 rings (SSSR count). The van der Waals surface area contributed by atoms with Crippen LogP contribution in [0.5, 0.6) is 0 Å². The smallest absolute Gasteiger partial charge is 0.306 e. The minimum absolute atomic E-state index is 0.196. The Morgan fingerprint density at radius 1 is 0.737 bits per heavy atom. The quantitative estimate of drug-likeness (QED) is 0.367. The van der Waals surface area contributed by atoms with Crippen molar-refractivity contribution >= 4 is 11.8 Å². The van der Waals surface area contributed by atoms with Crippen LogP contribution in [0.1, 0.15) is 84.5 Å². The minimum Gasteiger partial charge on any atom is -0.466 e. The first-order chi connectivity index (χ1) is 9.20. The van der Waals surface area contributed by atoms with Gasteiger partial charge in [0.25, 0.3) is 0 Å². The number of unbranched alkanes of at least 4 members (excludes halogenated alkanes) is 6. The maximum absolute atomic E-state index is 11.5. The van der Waals surface area contributed by atoms with Gasteiger partial charge in [0, 0.05) is 12.8 Å². The number of Topliss-reactive ketones (excluding diaryl/α,β-unsaturated/α-hetero) is 1. The third kappa shape index (κ3) is 13.4. The highest BCUT2D eigenvalue weighted by Crippen LogP contribution is 2.09. The van der Waals surface area contributed by atoms with Crippen LogP contribution < -0.4 is 0 Å². The fraction of sp³-hybridized carbons (Fsp3) is 0.875. The van der Waals surface area contributed by atoms with Crippen molar-refractivity contribution in [2.24, 2.45) is 0 Å². The number of hydrogen-bond acceptors (Lipinski definition) is 3. The van der Waals surface area contributed by atoms with Crippen molar-refractivity contribution in [1.29, 1.82) is 0 Å². The van der Waals surface area contributed by atoms with Gasteiger partial charge < -0.3 is 4.74 Å². The molecule has 0 saturated carbocycles. The summed E-state index contributed by atoms with van der Waals surface area (Å²) in [6.45, 7) is 4.63. The average molecular weight is 270 g/mol. The third-order valence-electron chi connectivity index (χ3n) is 3.13. The number of carbonyl (C=O) groups excluding carboxylic acids is 2. The molecule has 3 nitrogen and oxygen atoms in total. The zero-order chi connectivity index (χ0) is 14.3. The molecule has 0 heterocycles. The molecule has 0 radical (unpaired) electrons. The summed E-state index contributed by atoms with van der Waals surface area (Å²) in [4.78, 5) is 22.8. The van der Waals surface area contributed by atoms with Crippen molar-refractivity contribution in [2.75, 3.05) is 6.61 Å². The van der Waals surface area contributed by atoms with Crippen LogP contribution in [0.3, 0.4) is 0 Å². The molecule has 112 valence electrons. The monoisotopic (exact) mass is 270 g/mol. The summed E-state index contributed by atoms with van der Waals surface area (Å²) >= 11 is 0. The minimum atomic E-state index is -0.241. The molecule has 0 saturated heterocycles. The van der Waals surface area contributed by atoms with Crippen LogP contribution in [-0.4, -0.2) is 18.4 Å². The maximum atomic E-state index is 11.5. The van der Waals surface area contributed by atoms with Gasteiger partial charge in [-0.1, -0.05) is 52.4 Å².